The van der Waals surface area contributed by atoms with Crippen LogP contribution in [-0.2, 0) is 16.1 Å². The molecule has 0 radical (unpaired) electrons. The van der Waals surface area contributed by atoms with Crippen molar-refractivity contribution in [2.45, 2.75) is 50.7 Å². The molecule has 2 heterocycles. The number of para-hydroxylation sites is 1. The highest BCUT2D eigenvalue weighted by atomic mass is 16.7. The SMILES string of the molecule is COc1ccc([C@@H](C(=O)NC2CCCCC2)N(C(=O)Cn2nnc3ccccc32)c2ccc3c(c2)OCO3)cc1OC. The second kappa shape index (κ2) is 12.0. The summed E-state index contributed by atoms with van der Waals surface area (Å²) in [6.45, 7) is -0.0611. The molecule has 1 aliphatic heterocycles. The van der Waals surface area contributed by atoms with E-state index < -0.39 is 6.04 Å². The molecule has 2 amide bonds. The van der Waals surface area contributed by atoms with E-state index in [0.717, 1.165) is 32.1 Å². The first-order valence-corrected chi connectivity index (χ1v) is 14.1. The number of nitrogens with zero attached hydrogens (tertiary/aromatic N) is 4. The smallest absolute Gasteiger partial charge is 0.249 e. The van der Waals surface area contributed by atoms with Gasteiger partial charge in [0.25, 0.3) is 0 Å². The van der Waals surface area contributed by atoms with E-state index in [0.29, 0.717) is 45.3 Å². The molecule has 11 heteroatoms. The van der Waals surface area contributed by atoms with Crippen molar-refractivity contribution in [3.8, 4) is 23.0 Å². The van der Waals surface area contributed by atoms with Crippen LogP contribution >= 0.6 is 0 Å². The number of rotatable bonds is 9. The molecule has 1 fully saturated rings. The second-order valence-corrected chi connectivity index (χ2v) is 10.4. The molecule has 0 bridgehead atoms. The number of aromatic nitrogens is 3. The van der Waals surface area contributed by atoms with Gasteiger partial charge in [-0.05, 0) is 54.8 Å². The Morgan fingerprint density at radius 3 is 2.57 bits per heavy atom. The number of amides is 2. The van der Waals surface area contributed by atoms with Crippen LogP contribution in [0.1, 0.15) is 43.7 Å². The van der Waals surface area contributed by atoms with Gasteiger partial charge in [0.1, 0.15) is 18.1 Å². The summed E-state index contributed by atoms with van der Waals surface area (Å²) in [4.78, 5) is 30.1. The van der Waals surface area contributed by atoms with Gasteiger partial charge in [-0.1, -0.05) is 42.7 Å². The Kier molecular flexibility index (Phi) is 7.81. The minimum atomic E-state index is -1.03. The highest BCUT2D eigenvalue weighted by molar-refractivity contribution is 6.02. The molecule has 42 heavy (non-hydrogen) atoms. The molecular formula is C31H33N5O6. The molecule has 3 aromatic carbocycles. The van der Waals surface area contributed by atoms with Gasteiger partial charge in [0, 0.05) is 17.8 Å². The van der Waals surface area contributed by atoms with Crippen molar-refractivity contribution >= 4 is 28.5 Å². The minimum absolute atomic E-state index is 0.0295. The number of fused-ring (bicyclic) bond motifs is 2. The largest absolute Gasteiger partial charge is 0.493 e. The molecule has 218 valence electrons. The Morgan fingerprint density at radius 1 is 0.976 bits per heavy atom. The number of anilines is 1. The van der Waals surface area contributed by atoms with Gasteiger partial charge >= 0.3 is 0 Å². The van der Waals surface area contributed by atoms with Gasteiger partial charge in [0.05, 0.1) is 19.7 Å². The van der Waals surface area contributed by atoms with Crippen LogP contribution in [0.25, 0.3) is 11.0 Å². The van der Waals surface area contributed by atoms with Crippen molar-refractivity contribution in [3.05, 3.63) is 66.2 Å². The van der Waals surface area contributed by atoms with Crippen LogP contribution in [-0.4, -0.2) is 53.9 Å². The summed E-state index contributed by atoms with van der Waals surface area (Å²) < 4.78 is 23.7. The number of carbonyl (C=O) groups excluding carboxylic acids is 2. The number of hydrogen-bond donors (Lipinski definition) is 1. The van der Waals surface area contributed by atoms with Gasteiger partial charge in [-0.2, -0.15) is 0 Å². The quantitative estimate of drug-likeness (QED) is 0.314. The zero-order valence-electron chi connectivity index (χ0n) is 23.6. The van der Waals surface area contributed by atoms with Gasteiger partial charge in [0.2, 0.25) is 18.6 Å². The van der Waals surface area contributed by atoms with E-state index in [1.807, 2.05) is 24.3 Å². The van der Waals surface area contributed by atoms with E-state index in [1.165, 1.54) is 12.0 Å². The van der Waals surface area contributed by atoms with Crippen LogP contribution in [0.2, 0.25) is 0 Å². The first kappa shape index (κ1) is 27.4. The van der Waals surface area contributed by atoms with E-state index in [9.17, 15) is 9.59 Å². The standard InChI is InChI=1S/C31H33N5O6/c1-39-25-14-12-20(16-27(25)40-2)30(31(38)32-21-8-4-3-5-9-21)36(22-13-15-26-28(17-22)42-19-41-26)29(37)18-35-24-11-7-6-10-23(24)33-34-35/h6-7,10-17,21,30H,3-5,8-9,18-19H2,1-2H3,(H,32,38)/t30-/m0/s1. The van der Waals surface area contributed by atoms with Crippen LogP contribution in [0, 0.1) is 0 Å². The normalized spacial score (nSPS) is 15.3. The number of benzene rings is 3. The third-order valence-corrected chi connectivity index (χ3v) is 7.79. The molecule has 6 rings (SSSR count). The lowest BCUT2D eigenvalue weighted by Gasteiger charge is -2.33. The number of ether oxygens (including phenoxy) is 4. The molecule has 1 atom stereocenters. The summed E-state index contributed by atoms with van der Waals surface area (Å²) in [6, 6.07) is 16.9. The third kappa shape index (κ3) is 5.41. The molecular weight excluding hydrogens is 538 g/mol. The van der Waals surface area contributed by atoms with Crippen molar-refractivity contribution in [1.82, 2.24) is 20.3 Å². The maximum Gasteiger partial charge on any atom is 0.249 e. The highest BCUT2D eigenvalue weighted by Crippen LogP contribution is 2.40. The molecule has 4 aromatic rings. The summed E-state index contributed by atoms with van der Waals surface area (Å²) in [5.74, 6) is 1.39. The zero-order valence-corrected chi connectivity index (χ0v) is 23.6. The Morgan fingerprint density at radius 2 is 1.76 bits per heavy atom. The Hall–Kier alpha value is -4.80. The van der Waals surface area contributed by atoms with Crippen LogP contribution < -0.4 is 29.2 Å². The van der Waals surface area contributed by atoms with Crippen molar-refractivity contribution < 1.29 is 28.5 Å². The monoisotopic (exact) mass is 571 g/mol. The average Bonchev–Trinajstić information content (AvgIpc) is 3.66. The van der Waals surface area contributed by atoms with E-state index in [-0.39, 0.29) is 31.2 Å². The number of hydrogen-bond acceptors (Lipinski definition) is 8. The van der Waals surface area contributed by atoms with Crippen molar-refractivity contribution in [2.24, 2.45) is 0 Å². The van der Waals surface area contributed by atoms with Crippen molar-refractivity contribution in [3.63, 3.8) is 0 Å². The predicted molar refractivity (Wildman–Crippen MR) is 155 cm³/mol. The Labute approximate surface area is 243 Å². The fourth-order valence-corrected chi connectivity index (χ4v) is 5.68. The summed E-state index contributed by atoms with van der Waals surface area (Å²) in [6.07, 6.45) is 5.05. The van der Waals surface area contributed by atoms with Gasteiger partial charge < -0.3 is 24.3 Å². The Balaban J connectivity index is 1.45. The van der Waals surface area contributed by atoms with E-state index >= 15 is 0 Å². The number of methoxy groups -OCH3 is 2. The maximum atomic E-state index is 14.4. The molecule has 2 aliphatic rings. The van der Waals surface area contributed by atoms with Gasteiger partial charge in [-0.3, -0.25) is 14.5 Å². The summed E-state index contributed by atoms with van der Waals surface area (Å²) in [5.41, 5.74) is 2.43. The average molecular weight is 572 g/mol. The maximum absolute atomic E-state index is 14.4. The van der Waals surface area contributed by atoms with Gasteiger partial charge in [-0.25, -0.2) is 4.68 Å². The molecule has 0 unspecified atom stereocenters. The van der Waals surface area contributed by atoms with E-state index in [4.69, 9.17) is 18.9 Å². The lowest BCUT2D eigenvalue weighted by molar-refractivity contribution is -0.127. The zero-order chi connectivity index (χ0) is 29.1. The van der Waals surface area contributed by atoms with Crippen LogP contribution in [0.4, 0.5) is 5.69 Å². The Bertz CT molecular complexity index is 1600. The fourth-order valence-electron chi connectivity index (χ4n) is 5.68. The molecule has 1 aromatic heterocycles. The molecule has 0 saturated heterocycles. The van der Waals surface area contributed by atoms with E-state index in [1.54, 1.807) is 48.2 Å². The lowest BCUT2D eigenvalue weighted by Crippen LogP contribution is -2.48. The molecule has 11 nitrogen and oxygen atoms in total. The number of carbonyl (C=O) groups is 2. The van der Waals surface area contributed by atoms with Crippen molar-refractivity contribution in [2.75, 3.05) is 25.9 Å². The van der Waals surface area contributed by atoms with E-state index in [2.05, 4.69) is 15.6 Å². The topological polar surface area (TPSA) is 117 Å². The molecule has 0 spiro atoms. The fraction of sp³-hybridized carbons (Fsp3) is 0.355. The summed E-state index contributed by atoms with van der Waals surface area (Å²) in [7, 11) is 3.09. The summed E-state index contributed by atoms with van der Waals surface area (Å²) >= 11 is 0. The lowest BCUT2D eigenvalue weighted by atomic mass is 9.94. The molecule has 1 saturated carbocycles. The second-order valence-electron chi connectivity index (χ2n) is 10.4. The minimum Gasteiger partial charge on any atom is -0.493 e. The van der Waals surface area contributed by atoms with Crippen molar-refractivity contribution in [1.29, 1.82) is 0 Å². The first-order chi connectivity index (χ1) is 20.6. The molecule has 1 N–H and O–H groups in total. The predicted octanol–water partition coefficient (Wildman–Crippen LogP) is 4.40. The third-order valence-electron chi connectivity index (χ3n) is 7.79. The number of nitrogens with one attached hydrogen (secondary N) is 1. The van der Waals surface area contributed by atoms with Gasteiger partial charge in [0.15, 0.2) is 23.0 Å². The van der Waals surface area contributed by atoms with Crippen LogP contribution in [0.15, 0.2) is 60.7 Å². The van der Waals surface area contributed by atoms with Gasteiger partial charge in [-0.15, -0.1) is 5.10 Å². The highest BCUT2D eigenvalue weighted by Gasteiger charge is 2.36. The summed E-state index contributed by atoms with van der Waals surface area (Å²) in [5, 5.41) is 11.7. The van der Waals surface area contributed by atoms with Crippen LogP contribution in [0.3, 0.4) is 0 Å². The molecule has 1 aliphatic carbocycles. The van der Waals surface area contributed by atoms with Crippen LogP contribution in [0.5, 0.6) is 23.0 Å². The first-order valence-electron chi connectivity index (χ1n) is 14.1.